The maximum absolute atomic E-state index is 13.3. The van der Waals surface area contributed by atoms with Crippen molar-refractivity contribution in [3.05, 3.63) is 89.6 Å². The number of hydrogen-bond donors (Lipinski definition) is 1. The van der Waals surface area contributed by atoms with E-state index in [4.69, 9.17) is 9.15 Å². The van der Waals surface area contributed by atoms with Crippen LogP contribution in [0, 0.1) is 5.82 Å². The van der Waals surface area contributed by atoms with Gasteiger partial charge in [-0.25, -0.2) is 22.3 Å². The number of carbonyl (C=O) groups excluding carboxylic acids is 2. The summed E-state index contributed by atoms with van der Waals surface area (Å²) in [6, 6.07) is 14.3. The van der Waals surface area contributed by atoms with Gasteiger partial charge >= 0.3 is 5.97 Å². The molecule has 1 atom stereocenters. The van der Waals surface area contributed by atoms with Crippen molar-refractivity contribution in [2.75, 3.05) is 7.05 Å². The van der Waals surface area contributed by atoms with E-state index in [1.54, 1.807) is 24.3 Å². The first-order valence-electron chi connectivity index (χ1n) is 9.98. The number of carbonyl (C=O) groups is 2. The predicted octanol–water partition coefficient (Wildman–Crippen LogP) is 3.10. The monoisotopic (exact) mass is 474 g/mol. The van der Waals surface area contributed by atoms with Gasteiger partial charge in [0.05, 0.1) is 23.3 Å². The van der Waals surface area contributed by atoms with Gasteiger partial charge in [0.15, 0.2) is 6.10 Å². The fourth-order valence-electron chi connectivity index (χ4n) is 3.01. The zero-order valence-electron chi connectivity index (χ0n) is 18.0. The molecule has 33 heavy (non-hydrogen) atoms. The molecule has 2 aromatic carbocycles. The first kappa shape index (κ1) is 24.1. The fourth-order valence-corrected chi connectivity index (χ4v) is 4.00. The molecule has 8 nitrogen and oxygen atoms in total. The van der Waals surface area contributed by atoms with E-state index in [1.807, 2.05) is 0 Å². The fraction of sp³-hybridized carbons (Fsp3) is 0.217. The van der Waals surface area contributed by atoms with Crippen LogP contribution < -0.4 is 4.72 Å². The quantitative estimate of drug-likeness (QED) is 0.478. The topological polar surface area (TPSA) is 106 Å². The molecule has 0 saturated carbocycles. The third kappa shape index (κ3) is 6.50. The number of rotatable bonds is 9. The van der Waals surface area contributed by atoms with Crippen molar-refractivity contribution >= 4 is 21.9 Å². The molecule has 3 rings (SSSR count). The van der Waals surface area contributed by atoms with Crippen LogP contribution in [0.25, 0.3) is 0 Å². The van der Waals surface area contributed by atoms with Gasteiger partial charge in [0, 0.05) is 13.6 Å². The van der Waals surface area contributed by atoms with Gasteiger partial charge in [0.25, 0.3) is 5.91 Å². The first-order chi connectivity index (χ1) is 15.7. The Morgan fingerprint density at radius 1 is 1.12 bits per heavy atom. The van der Waals surface area contributed by atoms with Crippen LogP contribution in [0.1, 0.15) is 28.6 Å². The molecular weight excluding hydrogens is 451 g/mol. The third-order valence-corrected chi connectivity index (χ3v) is 6.15. The van der Waals surface area contributed by atoms with Gasteiger partial charge in [-0.1, -0.05) is 12.1 Å². The minimum Gasteiger partial charge on any atom is -0.468 e. The number of halogens is 1. The number of furan rings is 1. The number of sulfonamides is 1. The second-order valence-corrected chi connectivity index (χ2v) is 9.07. The lowest BCUT2D eigenvalue weighted by molar-refractivity contribution is -0.139. The first-order valence-corrected chi connectivity index (χ1v) is 11.5. The van der Waals surface area contributed by atoms with Crippen molar-refractivity contribution in [2.24, 2.45) is 0 Å². The molecular formula is C23H23FN2O6S. The molecule has 1 heterocycles. The summed E-state index contributed by atoms with van der Waals surface area (Å²) in [4.78, 5) is 26.2. The van der Waals surface area contributed by atoms with Crippen molar-refractivity contribution in [3.8, 4) is 0 Å². The molecule has 0 radical (unpaired) electrons. The smallest absolute Gasteiger partial charge is 0.338 e. The predicted molar refractivity (Wildman–Crippen MR) is 117 cm³/mol. The second-order valence-electron chi connectivity index (χ2n) is 7.30. The molecule has 0 aliphatic rings. The van der Waals surface area contributed by atoms with E-state index in [9.17, 15) is 22.4 Å². The molecule has 0 bridgehead atoms. The van der Waals surface area contributed by atoms with Gasteiger partial charge in [-0.2, -0.15) is 0 Å². The summed E-state index contributed by atoms with van der Waals surface area (Å²) < 4.78 is 50.8. The van der Waals surface area contributed by atoms with Gasteiger partial charge in [-0.3, -0.25) is 4.79 Å². The molecule has 0 saturated heterocycles. The number of amides is 1. The Hall–Kier alpha value is -3.50. The maximum Gasteiger partial charge on any atom is 0.338 e. The molecule has 1 amide bonds. The molecule has 1 aromatic heterocycles. The van der Waals surface area contributed by atoms with E-state index >= 15 is 0 Å². The normalized spacial score (nSPS) is 12.2. The summed E-state index contributed by atoms with van der Waals surface area (Å²) in [6.07, 6.45) is 0.351. The molecule has 0 fully saturated rings. The van der Waals surface area contributed by atoms with Crippen LogP contribution in [0.4, 0.5) is 4.39 Å². The van der Waals surface area contributed by atoms with Crippen LogP contribution >= 0.6 is 0 Å². The molecule has 0 spiro atoms. The number of nitrogens with zero attached hydrogens (tertiary/aromatic N) is 1. The van der Waals surface area contributed by atoms with E-state index in [2.05, 4.69) is 4.72 Å². The molecule has 1 unspecified atom stereocenters. The summed E-state index contributed by atoms with van der Waals surface area (Å²) in [5.74, 6) is -1.19. The lowest BCUT2D eigenvalue weighted by Gasteiger charge is -2.21. The highest BCUT2D eigenvalue weighted by molar-refractivity contribution is 7.89. The highest BCUT2D eigenvalue weighted by atomic mass is 32.2. The molecule has 0 aliphatic heterocycles. The number of hydrogen-bond acceptors (Lipinski definition) is 6. The van der Waals surface area contributed by atoms with Gasteiger partial charge in [0.2, 0.25) is 10.0 Å². The highest BCUT2D eigenvalue weighted by Gasteiger charge is 2.23. The molecule has 1 N–H and O–H groups in total. The Morgan fingerprint density at radius 2 is 1.85 bits per heavy atom. The summed E-state index contributed by atoms with van der Waals surface area (Å²) in [7, 11) is -2.29. The number of likely N-dealkylation sites (N-methyl/N-ethyl adjacent to an activating group) is 1. The molecule has 0 aliphatic carbocycles. The SMILES string of the molecule is CC(OC(=O)c1ccc(S(=O)(=O)NCc2ccco2)cc1)C(=O)N(C)Cc1cccc(F)c1. The lowest BCUT2D eigenvalue weighted by atomic mass is 10.2. The standard InChI is InChI=1S/C23H23FN2O6S/c1-16(22(27)26(2)15-17-5-3-6-19(24)13-17)32-23(28)18-8-10-21(11-9-18)33(29,30)25-14-20-7-4-12-31-20/h3-13,16,25H,14-15H2,1-2H3. The molecule has 3 aromatic rings. The average Bonchev–Trinajstić information content (AvgIpc) is 3.31. The number of esters is 1. The summed E-state index contributed by atoms with van der Waals surface area (Å²) in [5, 5.41) is 0. The van der Waals surface area contributed by atoms with E-state index in [0.29, 0.717) is 11.3 Å². The Morgan fingerprint density at radius 3 is 2.48 bits per heavy atom. The van der Waals surface area contributed by atoms with Gasteiger partial charge in [-0.05, 0) is 61.0 Å². The maximum atomic E-state index is 13.3. The van der Waals surface area contributed by atoms with Crippen molar-refractivity contribution in [3.63, 3.8) is 0 Å². The van der Waals surface area contributed by atoms with E-state index in [1.165, 1.54) is 61.5 Å². The molecule has 10 heteroatoms. The Bertz CT molecular complexity index is 1210. The van der Waals surface area contributed by atoms with E-state index in [-0.39, 0.29) is 23.5 Å². The van der Waals surface area contributed by atoms with E-state index in [0.717, 1.165) is 0 Å². The summed E-state index contributed by atoms with van der Waals surface area (Å²) in [6.45, 7) is 1.57. The van der Waals surface area contributed by atoms with Crippen molar-refractivity contribution < 1.29 is 31.6 Å². The van der Waals surface area contributed by atoms with Crippen LogP contribution in [0.15, 0.2) is 76.2 Å². The number of benzene rings is 2. The second kappa shape index (κ2) is 10.4. The average molecular weight is 475 g/mol. The zero-order chi connectivity index (χ0) is 24.0. The number of ether oxygens (including phenoxy) is 1. The Labute approximate surface area is 191 Å². The van der Waals surface area contributed by atoms with Crippen LogP contribution in [0.3, 0.4) is 0 Å². The van der Waals surface area contributed by atoms with Crippen LogP contribution in [-0.4, -0.2) is 38.3 Å². The van der Waals surface area contributed by atoms with Gasteiger partial charge < -0.3 is 14.1 Å². The lowest BCUT2D eigenvalue weighted by Crippen LogP contribution is -2.37. The van der Waals surface area contributed by atoms with Crippen molar-refractivity contribution in [1.29, 1.82) is 0 Å². The minimum absolute atomic E-state index is 0.0120. The summed E-state index contributed by atoms with van der Waals surface area (Å²) in [5.41, 5.74) is 0.689. The molecule has 174 valence electrons. The van der Waals surface area contributed by atoms with Crippen molar-refractivity contribution in [2.45, 2.75) is 31.0 Å². The summed E-state index contributed by atoms with van der Waals surface area (Å²) >= 11 is 0. The zero-order valence-corrected chi connectivity index (χ0v) is 18.8. The van der Waals surface area contributed by atoms with Gasteiger partial charge in [-0.15, -0.1) is 0 Å². The number of nitrogens with one attached hydrogen (secondary N) is 1. The van der Waals surface area contributed by atoms with Crippen LogP contribution in [0.2, 0.25) is 0 Å². The van der Waals surface area contributed by atoms with Gasteiger partial charge in [0.1, 0.15) is 11.6 Å². The van der Waals surface area contributed by atoms with Crippen molar-refractivity contribution in [1.82, 2.24) is 9.62 Å². The largest absolute Gasteiger partial charge is 0.468 e. The van der Waals surface area contributed by atoms with E-state index < -0.39 is 33.8 Å². The van der Waals surface area contributed by atoms with Crippen LogP contribution in [-0.2, 0) is 32.6 Å². The highest BCUT2D eigenvalue weighted by Crippen LogP contribution is 2.14. The third-order valence-electron chi connectivity index (χ3n) is 4.73. The van der Waals surface area contributed by atoms with Crippen LogP contribution in [0.5, 0.6) is 0 Å². The Kier molecular flexibility index (Phi) is 7.62. The minimum atomic E-state index is -3.81. The Balaban J connectivity index is 1.57.